The molecule has 0 unspecified atom stereocenters. The number of imidazole rings is 2. The number of rotatable bonds is 11. The highest BCUT2D eigenvalue weighted by atomic mass is 16.5. The molecule has 0 aliphatic carbocycles. The van der Waals surface area contributed by atoms with Crippen LogP contribution in [-0.4, -0.2) is 91.6 Å². The molecule has 1 fully saturated rings. The Bertz CT molecular complexity index is 1820. The molecule has 1 aliphatic rings. The van der Waals surface area contributed by atoms with Gasteiger partial charge < -0.3 is 35.3 Å². The van der Waals surface area contributed by atoms with Gasteiger partial charge in [-0.15, -0.1) is 0 Å². The summed E-state index contributed by atoms with van der Waals surface area (Å²) < 4.78 is 4.59. The maximum absolute atomic E-state index is 13.1. The summed E-state index contributed by atoms with van der Waals surface area (Å²) >= 11 is 0. The van der Waals surface area contributed by atoms with E-state index in [0.717, 1.165) is 51.4 Å². The topological polar surface area (TPSA) is 186 Å². The normalized spacial score (nSPS) is 16.1. The molecule has 14 nitrogen and oxygen atoms in total. The summed E-state index contributed by atoms with van der Waals surface area (Å²) in [6.45, 7) is 7.71. The molecular weight excluding hydrogens is 640 g/mol. The number of nitrogens with zero attached hydrogens (tertiary/aromatic N) is 4. The maximum Gasteiger partial charge on any atom is 0.407 e. The van der Waals surface area contributed by atoms with Crippen LogP contribution in [0.4, 0.5) is 9.59 Å². The second-order valence-corrected chi connectivity index (χ2v) is 12.8. The Labute approximate surface area is 290 Å². The van der Waals surface area contributed by atoms with E-state index in [2.05, 4.69) is 25.3 Å². The van der Waals surface area contributed by atoms with Gasteiger partial charge in [0.1, 0.15) is 23.7 Å². The second-order valence-electron chi connectivity index (χ2n) is 12.8. The van der Waals surface area contributed by atoms with Gasteiger partial charge in [-0.1, -0.05) is 62.4 Å². The molecule has 3 heterocycles. The molecule has 1 aliphatic heterocycles. The minimum Gasteiger partial charge on any atom is -0.465 e. The van der Waals surface area contributed by atoms with Crippen LogP contribution in [0.2, 0.25) is 0 Å². The molecule has 4 amide bonds. The molecule has 4 atom stereocenters. The van der Waals surface area contributed by atoms with Gasteiger partial charge in [0.2, 0.25) is 11.8 Å². The Balaban J connectivity index is 1.24. The third kappa shape index (κ3) is 7.80. The fourth-order valence-corrected chi connectivity index (χ4v) is 5.98. The van der Waals surface area contributed by atoms with Gasteiger partial charge in [-0.05, 0) is 43.7 Å². The number of methoxy groups -OCH3 is 1. The molecule has 5 N–H and O–H groups in total. The van der Waals surface area contributed by atoms with E-state index in [4.69, 9.17) is 9.97 Å². The first-order chi connectivity index (χ1) is 23.9. The second kappa shape index (κ2) is 15.3. The van der Waals surface area contributed by atoms with E-state index in [0.29, 0.717) is 18.2 Å². The number of likely N-dealkylation sites (tertiary alicyclic amines) is 1. The maximum atomic E-state index is 13.1. The summed E-state index contributed by atoms with van der Waals surface area (Å²) in [7, 11) is 2.65. The van der Waals surface area contributed by atoms with Crippen molar-refractivity contribution in [1.29, 1.82) is 0 Å². The number of hydrogen-bond acceptors (Lipinski definition) is 7. The van der Waals surface area contributed by atoms with Crippen molar-refractivity contribution in [3.63, 3.8) is 0 Å². The first-order valence-electron chi connectivity index (χ1n) is 16.6. The van der Waals surface area contributed by atoms with Crippen LogP contribution in [0.15, 0.2) is 60.9 Å². The lowest BCUT2D eigenvalue weighted by atomic mass is 10.0. The molecule has 0 saturated carbocycles. The first-order valence-corrected chi connectivity index (χ1v) is 16.6. The number of aromatic amines is 2. The molecule has 14 heteroatoms. The Kier molecular flexibility index (Phi) is 10.9. The lowest BCUT2D eigenvalue weighted by molar-refractivity contribution is -0.136. The molecule has 2 aromatic heterocycles. The third-order valence-corrected chi connectivity index (χ3v) is 9.15. The van der Waals surface area contributed by atoms with Crippen LogP contribution < -0.4 is 10.6 Å². The van der Waals surface area contributed by atoms with Crippen molar-refractivity contribution in [2.75, 3.05) is 20.7 Å². The molecule has 1 saturated heterocycles. The summed E-state index contributed by atoms with van der Waals surface area (Å²) in [5, 5.41) is 14.7. The minimum absolute atomic E-state index is 0.0323. The third-order valence-electron chi connectivity index (χ3n) is 9.15. The Morgan fingerprint density at radius 3 is 2.00 bits per heavy atom. The summed E-state index contributed by atoms with van der Waals surface area (Å²) in [5.74, 6) is 0.750. The zero-order chi connectivity index (χ0) is 36.1. The Morgan fingerprint density at radius 1 is 0.880 bits per heavy atom. The first kappa shape index (κ1) is 35.6. The minimum atomic E-state index is -1.14. The van der Waals surface area contributed by atoms with Crippen molar-refractivity contribution in [3.05, 3.63) is 72.6 Å². The highest BCUT2D eigenvalue weighted by Crippen LogP contribution is 2.33. The van der Waals surface area contributed by atoms with Crippen LogP contribution in [0.1, 0.15) is 64.3 Å². The summed E-state index contributed by atoms with van der Waals surface area (Å²) in [4.78, 5) is 67.5. The van der Waals surface area contributed by atoms with Gasteiger partial charge >= 0.3 is 12.2 Å². The van der Waals surface area contributed by atoms with E-state index >= 15 is 0 Å². The van der Waals surface area contributed by atoms with E-state index < -0.39 is 30.3 Å². The van der Waals surface area contributed by atoms with Crippen LogP contribution >= 0.6 is 0 Å². The predicted molar refractivity (Wildman–Crippen MR) is 187 cm³/mol. The number of benzene rings is 2. The molecule has 0 spiro atoms. The molecule has 50 heavy (non-hydrogen) atoms. The average Bonchev–Trinajstić information content (AvgIpc) is 3.91. The number of H-pyrrole nitrogens is 2. The number of carbonyl (C=O) groups is 4. The number of aromatic nitrogens is 4. The van der Waals surface area contributed by atoms with Crippen LogP contribution in [0.5, 0.6) is 0 Å². The number of hydrogen-bond donors (Lipinski definition) is 5. The Hall–Kier alpha value is -5.66. The number of likely N-dealkylation sites (N-methyl/N-ethyl adjacent to an activating group) is 1. The highest BCUT2D eigenvalue weighted by molar-refractivity contribution is 5.86. The van der Waals surface area contributed by atoms with Crippen molar-refractivity contribution < 1.29 is 29.0 Å². The van der Waals surface area contributed by atoms with Crippen LogP contribution in [0, 0.1) is 5.92 Å². The monoisotopic (exact) mass is 684 g/mol. The van der Waals surface area contributed by atoms with E-state index in [1.54, 1.807) is 18.7 Å². The number of alkyl carbamates (subject to hydrolysis) is 1. The van der Waals surface area contributed by atoms with Crippen molar-refractivity contribution >= 4 is 24.0 Å². The van der Waals surface area contributed by atoms with Gasteiger partial charge in [-0.2, -0.15) is 0 Å². The number of amides is 4. The van der Waals surface area contributed by atoms with Crippen molar-refractivity contribution in [1.82, 2.24) is 40.4 Å². The molecular formula is C36H44N8O6. The summed E-state index contributed by atoms with van der Waals surface area (Å²) in [6, 6.07) is 13.9. The molecule has 0 bridgehead atoms. The lowest BCUT2D eigenvalue weighted by Crippen LogP contribution is -2.47. The van der Waals surface area contributed by atoms with Gasteiger partial charge in [0, 0.05) is 37.1 Å². The number of carboxylic acid groups (broad SMARTS) is 1. The molecule has 5 rings (SSSR count). The van der Waals surface area contributed by atoms with E-state index in [1.807, 2.05) is 74.8 Å². The van der Waals surface area contributed by atoms with Gasteiger partial charge in [0.15, 0.2) is 0 Å². The van der Waals surface area contributed by atoms with E-state index in [-0.39, 0.29) is 23.8 Å². The largest absolute Gasteiger partial charge is 0.465 e. The van der Waals surface area contributed by atoms with Crippen LogP contribution in [0.25, 0.3) is 33.6 Å². The zero-order valence-electron chi connectivity index (χ0n) is 29.1. The zero-order valence-corrected chi connectivity index (χ0v) is 29.1. The van der Waals surface area contributed by atoms with Crippen LogP contribution in [-0.2, 0) is 14.3 Å². The van der Waals surface area contributed by atoms with Crippen molar-refractivity contribution in [2.24, 2.45) is 5.92 Å². The van der Waals surface area contributed by atoms with Gasteiger partial charge in [-0.3, -0.25) is 14.5 Å². The molecule has 264 valence electrons. The quantitative estimate of drug-likeness (QED) is 0.140. The fraction of sp³-hybridized carbons (Fsp3) is 0.389. The summed E-state index contributed by atoms with van der Waals surface area (Å²) in [5.41, 5.74) is 5.39. The number of carbonyl (C=O) groups excluding carboxylic acids is 3. The fourth-order valence-electron chi connectivity index (χ4n) is 5.98. The molecule has 2 aromatic carbocycles. The SMILES string of the molecule is COC(=O)N[C@@H](C)C(=O)N[C@@H](c1nc(-c2ccc(-c3ccc(-c4c[nH]c([C@@H]5CCCN5C(=O)[C@H](C)N(C)C(=O)O)n4)cc3)cc2)c[nH]1)C(C)C. The molecule has 0 radical (unpaired) electrons. The standard InChI is InChI=1S/C36H44N8O6/c1-20(2)30(42-33(45)21(3)39-35(47)50-6)32-38-19-28(41-32)26-15-11-24(12-16-26)23-9-13-25(14-10-23)27-18-37-31(40-27)29-8-7-17-44(29)34(46)22(4)43(5)36(48)49/h9-16,18-22,29-30H,7-8,17H2,1-6H3,(H,37,40)(H,38,41)(H,39,47)(H,42,45)(H,48,49)/t21-,22-,29-,30+/m0/s1. The smallest absolute Gasteiger partial charge is 0.407 e. The highest BCUT2D eigenvalue weighted by Gasteiger charge is 2.36. The van der Waals surface area contributed by atoms with E-state index in [1.165, 1.54) is 14.2 Å². The number of ether oxygens (including phenoxy) is 1. The predicted octanol–water partition coefficient (Wildman–Crippen LogP) is 5.35. The van der Waals surface area contributed by atoms with Crippen LogP contribution in [0.3, 0.4) is 0 Å². The summed E-state index contributed by atoms with van der Waals surface area (Å²) in [6.07, 6.45) is 3.39. The average molecular weight is 685 g/mol. The van der Waals surface area contributed by atoms with Gasteiger partial charge in [0.05, 0.1) is 30.6 Å². The van der Waals surface area contributed by atoms with Crippen molar-refractivity contribution in [2.45, 2.75) is 64.7 Å². The van der Waals surface area contributed by atoms with Crippen molar-refractivity contribution in [3.8, 4) is 33.6 Å². The Morgan fingerprint density at radius 2 is 1.44 bits per heavy atom. The van der Waals surface area contributed by atoms with E-state index in [9.17, 15) is 24.3 Å². The van der Waals surface area contributed by atoms with Gasteiger partial charge in [0.25, 0.3) is 0 Å². The lowest BCUT2D eigenvalue weighted by Gasteiger charge is -2.29. The number of nitrogens with one attached hydrogen (secondary N) is 4. The van der Waals surface area contributed by atoms with Gasteiger partial charge in [-0.25, -0.2) is 19.6 Å². The molecule has 4 aromatic rings.